The van der Waals surface area contributed by atoms with Gasteiger partial charge in [-0.3, -0.25) is 0 Å². The van der Waals surface area contributed by atoms with E-state index in [4.69, 9.17) is 0 Å². The van der Waals surface area contributed by atoms with E-state index in [1.807, 2.05) is 0 Å². The Morgan fingerprint density at radius 3 is 2.15 bits per heavy atom. The van der Waals surface area contributed by atoms with Crippen molar-refractivity contribution < 1.29 is 0 Å². The topological polar surface area (TPSA) is 12.0 Å². The molecule has 0 fully saturated rings. The molecule has 0 saturated heterocycles. The zero-order valence-corrected chi connectivity index (χ0v) is 14.2. The molecule has 1 unspecified atom stereocenters. The van der Waals surface area contributed by atoms with Crippen LogP contribution in [0.25, 0.3) is 0 Å². The first kappa shape index (κ1) is 17.2. The molecule has 0 aliphatic heterocycles. The maximum atomic E-state index is 3.68. The Hall–Kier alpha value is -0.820. The van der Waals surface area contributed by atoms with Crippen molar-refractivity contribution in [2.45, 2.75) is 79.2 Å². The Morgan fingerprint density at radius 2 is 1.60 bits per heavy atom. The zero-order valence-electron chi connectivity index (χ0n) is 14.2. The summed E-state index contributed by atoms with van der Waals surface area (Å²) in [5.41, 5.74) is 5.85. The van der Waals surface area contributed by atoms with Gasteiger partial charge in [0.05, 0.1) is 0 Å². The van der Waals surface area contributed by atoms with E-state index in [1.54, 1.807) is 5.56 Å². The number of likely N-dealkylation sites (N-methyl/N-ethyl adjacent to an activating group) is 1. The average Bonchev–Trinajstić information content (AvgIpc) is 2.38. The monoisotopic (exact) mass is 275 g/mol. The van der Waals surface area contributed by atoms with Crippen LogP contribution >= 0.6 is 0 Å². The lowest BCUT2D eigenvalue weighted by Crippen LogP contribution is -2.31. The lowest BCUT2D eigenvalue weighted by Gasteiger charge is -2.21. The minimum Gasteiger partial charge on any atom is -0.314 e. The van der Waals surface area contributed by atoms with Gasteiger partial charge in [-0.15, -0.1) is 0 Å². The molecule has 1 aromatic rings. The van der Waals surface area contributed by atoms with Gasteiger partial charge < -0.3 is 5.32 Å². The van der Waals surface area contributed by atoms with Crippen LogP contribution in [0, 0.1) is 20.8 Å². The van der Waals surface area contributed by atoms with Crippen molar-refractivity contribution in [2.75, 3.05) is 6.54 Å². The zero-order chi connectivity index (χ0) is 15.0. The van der Waals surface area contributed by atoms with E-state index in [2.05, 4.69) is 52.1 Å². The first-order valence-electron chi connectivity index (χ1n) is 8.38. The van der Waals surface area contributed by atoms with E-state index < -0.39 is 0 Å². The molecule has 0 amide bonds. The van der Waals surface area contributed by atoms with Gasteiger partial charge in [0.25, 0.3) is 0 Å². The predicted octanol–water partition coefficient (Wildman–Crippen LogP) is 5.10. The van der Waals surface area contributed by atoms with E-state index in [9.17, 15) is 0 Å². The molecule has 1 aromatic carbocycles. The number of nitrogens with one attached hydrogen (secondary N) is 1. The van der Waals surface area contributed by atoms with Crippen LogP contribution in [0.5, 0.6) is 0 Å². The third-order valence-electron chi connectivity index (χ3n) is 4.19. The first-order valence-corrected chi connectivity index (χ1v) is 8.38. The lowest BCUT2D eigenvalue weighted by molar-refractivity contribution is 0.462. The quantitative estimate of drug-likeness (QED) is 0.618. The summed E-state index contributed by atoms with van der Waals surface area (Å²) in [6.45, 7) is 12.3. The minimum atomic E-state index is 0.636. The van der Waals surface area contributed by atoms with Crippen molar-refractivity contribution in [3.05, 3.63) is 34.4 Å². The highest BCUT2D eigenvalue weighted by Gasteiger charge is 2.12. The minimum absolute atomic E-state index is 0.636. The summed E-state index contributed by atoms with van der Waals surface area (Å²) >= 11 is 0. The molecular weight excluding hydrogens is 242 g/mol. The Kier molecular flexibility index (Phi) is 7.91. The third kappa shape index (κ3) is 5.66. The largest absolute Gasteiger partial charge is 0.314 e. The molecule has 1 N–H and O–H groups in total. The molecule has 0 heterocycles. The van der Waals surface area contributed by atoms with Crippen LogP contribution < -0.4 is 5.32 Å². The smallest absolute Gasteiger partial charge is 0.0108 e. The molecule has 1 atom stereocenters. The fraction of sp³-hybridized carbons (Fsp3) is 0.684. The number of hydrogen-bond donors (Lipinski definition) is 1. The maximum absolute atomic E-state index is 3.68. The lowest BCUT2D eigenvalue weighted by atomic mass is 9.92. The maximum Gasteiger partial charge on any atom is 0.0108 e. The molecule has 0 aliphatic carbocycles. The molecule has 1 nitrogen and oxygen atoms in total. The van der Waals surface area contributed by atoms with E-state index in [0.29, 0.717) is 6.04 Å². The molecule has 0 spiro atoms. The van der Waals surface area contributed by atoms with Crippen LogP contribution in [0.4, 0.5) is 0 Å². The standard InChI is InChI=1S/C19H33N/c1-6-8-9-10-11-18(20-7-2)14-19-16(4)12-15(3)13-17(19)5/h12-13,18,20H,6-11,14H2,1-5H3. The van der Waals surface area contributed by atoms with E-state index in [1.165, 1.54) is 55.2 Å². The van der Waals surface area contributed by atoms with Crippen LogP contribution in [0.2, 0.25) is 0 Å². The van der Waals surface area contributed by atoms with Crippen molar-refractivity contribution in [1.82, 2.24) is 5.32 Å². The summed E-state index contributed by atoms with van der Waals surface area (Å²) in [6.07, 6.45) is 7.92. The molecular formula is C19H33N. The number of benzene rings is 1. The fourth-order valence-corrected chi connectivity index (χ4v) is 3.16. The summed E-state index contributed by atoms with van der Waals surface area (Å²) in [6, 6.07) is 5.28. The van der Waals surface area contributed by atoms with Gasteiger partial charge in [-0.1, -0.05) is 57.2 Å². The Bertz CT molecular complexity index is 372. The number of hydrogen-bond acceptors (Lipinski definition) is 1. The van der Waals surface area contributed by atoms with Crippen LogP contribution in [-0.4, -0.2) is 12.6 Å². The molecule has 0 radical (unpaired) electrons. The summed E-state index contributed by atoms with van der Waals surface area (Å²) < 4.78 is 0. The van der Waals surface area contributed by atoms with Gasteiger partial charge in [-0.25, -0.2) is 0 Å². The van der Waals surface area contributed by atoms with Gasteiger partial charge in [0, 0.05) is 6.04 Å². The van der Waals surface area contributed by atoms with Crippen molar-refractivity contribution in [3.63, 3.8) is 0 Å². The van der Waals surface area contributed by atoms with Crippen LogP contribution in [0.3, 0.4) is 0 Å². The van der Waals surface area contributed by atoms with Gasteiger partial charge >= 0.3 is 0 Å². The van der Waals surface area contributed by atoms with E-state index in [-0.39, 0.29) is 0 Å². The van der Waals surface area contributed by atoms with Gasteiger partial charge in [0.15, 0.2) is 0 Å². The van der Waals surface area contributed by atoms with Crippen molar-refractivity contribution in [3.8, 4) is 0 Å². The molecule has 1 heteroatoms. The molecule has 114 valence electrons. The molecule has 1 rings (SSSR count). The van der Waals surface area contributed by atoms with Crippen molar-refractivity contribution >= 4 is 0 Å². The highest BCUT2D eigenvalue weighted by molar-refractivity contribution is 5.38. The number of unbranched alkanes of at least 4 members (excludes halogenated alkanes) is 3. The van der Waals surface area contributed by atoms with E-state index in [0.717, 1.165) is 6.54 Å². The Balaban J connectivity index is 2.65. The van der Waals surface area contributed by atoms with Gasteiger partial charge in [-0.2, -0.15) is 0 Å². The first-order chi connectivity index (χ1) is 9.58. The van der Waals surface area contributed by atoms with Gasteiger partial charge in [-0.05, 0) is 56.8 Å². The van der Waals surface area contributed by atoms with E-state index >= 15 is 0 Å². The van der Waals surface area contributed by atoms with Crippen LogP contribution in [0.1, 0.15) is 68.2 Å². The van der Waals surface area contributed by atoms with Crippen molar-refractivity contribution in [2.24, 2.45) is 0 Å². The SMILES string of the molecule is CCCCCCC(Cc1c(C)cc(C)cc1C)NCC. The predicted molar refractivity (Wildman–Crippen MR) is 90.6 cm³/mol. The Morgan fingerprint density at radius 1 is 0.950 bits per heavy atom. The third-order valence-corrected chi connectivity index (χ3v) is 4.19. The summed E-state index contributed by atoms with van der Waals surface area (Å²) in [4.78, 5) is 0. The fourth-order valence-electron chi connectivity index (χ4n) is 3.16. The summed E-state index contributed by atoms with van der Waals surface area (Å²) in [5.74, 6) is 0. The molecule has 0 bridgehead atoms. The Labute approximate surface area is 126 Å². The average molecular weight is 275 g/mol. The van der Waals surface area contributed by atoms with Gasteiger partial charge in [0.2, 0.25) is 0 Å². The molecule has 20 heavy (non-hydrogen) atoms. The normalized spacial score (nSPS) is 12.7. The molecule has 0 aromatic heterocycles. The van der Waals surface area contributed by atoms with Crippen LogP contribution in [0.15, 0.2) is 12.1 Å². The summed E-state index contributed by atoms with van der Waals surface area (Å²) in [7, 11) is 0. The number of aryl methyl sites for hydroxylation is 3. The second-order valence-electron chi connectivity index (χ2n) is 6.19. The van der Waals surface area contributed by atoms with Crippen LogP contribution in [-0.2, 0) is 6.42 Å². The highest BCUT2D eigenvalue weighted by atomic mass is 14.9. The van der Waals surface area contributed by atoms with Gasteiger partial charge in [0.1, 0.15) is 0 Å². The van der Waals surface area contributed by atoms with Crippen molar-refractivity contribution in [1.29, 1.82) is 0 Å². The summed E-state index contributed by atoms with van der Waals surface area (Å²) in [5, 5.41) is 3.68. The molecule has 0 saturated carbocycles. The second kappa shape index (κ2) is 9.18. The molecule has 0 aliphatic rings. The highest BCUT2D eigenvalue weighted by Crippen LogP contribution is 2.20. The number of rotatable bonds is 9. The second-order valence-corrected chi connectivity index (χ2v) is 6.19.